The Kier molecular flexibility index (Phi) is 2.65. The molecular weight excluding hydrogens is 134 g/mol. The fourth-order valence-electron chi connectivity index (χ4n) is 0.781. The molecule has 0 atom stereocenters. The highest BCUT2D eigenvalue weighted by Gasteiger charge is 1.95. The number of hydrogen-bond donors (Lipinski definition) is 0. The van der Waals surface area contributed by atoms with Gasteiger partial charge in [0.15, 0.2) is 0 Å². The Labute approximate surface area is 60.6 Å². The van der Waals surface area contributed by atoms with Crippen LogP contribution in [0.4, 0.5) is 0 Å². The molecule has 0 saturated carbocycles. The van der Waals surface area contributed by atoms with Crippen molar-refractivity contribution < 1.29 is 0 Å². The molecule has 0 spiro atoms. The first kappa shape index (κ1) is 6.69. The minimum Gasteiger partial charge on any atom is -0.372 e. The van der Waals surface area contributed by atoms with Crippen molar-refractivity contribution in [3.63, 3.8) is 0 Å². The van der Waals surface area contributed by atoms with Crippen LogP contribution in [-0.2, 0) is 0 Å². The second-order valence-corrected chi connectivity index (χ2v) is 2.33. The van der Waals surface area contributed by atoms with Crippen molar-refractivity contribution in [3.05, 3.63) is 24.4 Å². The van der Waals surface area contributed by atoms with Crippen LogP contribution in [0.25, 0.3) is 0 Å². The number of rotatable bonds is 2. The summed E-state index contributed by atoms with van der Waals surface area (Å²) in [6.45, 7) is 1.95. The van der Waals surface area contributed by atoms with Gasteiger partial charge in [0.2, 0.25) is 0 Å². The highest BCUT2D eigenvalue weighted by Crippen LogP contribution is 1.97. The molecule has 0 fully saturated rings. The highest BCUT2D eigenvalue weighted by atomic mass is 35.5. The maximum Gasteiger partial charge on any atom is 0.0399 e. The molecule has 0 amide bonds. The van der Waals surface area contributed by atoms with Crippen LogP contribution >= 0.6 is 11.6 Å². The van der Waals surface area contributed by atoms with Crippen molar-refractivity contribution in [2.24, 2.45) is 0 Å². The zero-order chi connectivity index (χ0) is 6.53. The number of alkyl halides is 1. The van der Waals surface area contributed by atoms with Gasteiger partial charge in [0.1, 0.15) is 0 Å². The van der Waals surface area contributed by atoms with Gasteiger partial charge in [-0.1, -0.05) is 12.2 Å². The fraction of sp³-hybridized carbons (Fsp3) is 0.429. The van der Waals surface area contributed by atoms with Crippen molar-refractivity contribution in [3.8, 4) is 0 Å². The van der Waals surface area contributed by atoms with E-state index in [9.17, 15) is 0 Å². The molecule has 0 aromatic carbocycles. The fourth-order valence-corrected chi connectivity index (χ4v) is 0.999. The van der Waals surface area contributed by atoms with Crippen LogP contribution in [0.2, 0.25) is 0 Å². The van der Waals surface area contributed by atoms with Crippen molar-refractivity contribution in [2.75, 3.05) is 19.0 Å². The van der Waals surface area contributed by atoms with Gasteiger partial charge in [0.25, 0.3) is 0 Å². The summed E-state index contributed by atoms with van der Waals surface area (Å²) in [6, 6.07) is 0. The molecule has 2 heteroatoms. The Morgan fingerprint density at radius 1 is 1.44 bits per heavy atom. The van der Waals surface area contributed by atoms with Crippen LogP contribution in [0.15, 0.2) is 24.4 Å². The lowest BCUT2D eigenvalue weighted by Gasteiger charge is -2.18. The summed E-state index contributed by atoms with van der Waals surface area (Å²) in [4.78, 5) is 2.17. The number of nitrogens with zero attached hydrogens (tertiary/aromatic N) is 1. The van der Waals surface area contributed by atoms with Crippen LogP contribution in [0.5, 0.6) is 0 Å². The average molecular weight is 144 g/mol. The summed E-state index contributed by atoms with van der Waals surface area (Å²) in [5.74, 6) is 0.707. The van der Waals surface area contributed by atoms with Crippen LogP contribution in [0, 0.1) is 0 Å². The number of halogens is 1. The molecule has 0 aliphatic carbocycles. The molecule has 9 heavy (non-hydrogen) atoms. The molecule has 0 aromatic heterocycles. The lowest BCUT2D eigenvalue weighted by Crippen LogP contribution is -2.20. The van der Waals surface area contributed by atoms with Gasteiger partial charge in [0.05, 0.1) is 0 Å². The largest absolute Gasteiger partial charge is 0.372 e. The van der Waals surface area contributed by atoms with Crippen LogP contribution < -0.4 is 0 Å². The van der Waals surface area contributed by atoms with Crippen molar-refractivity contribution in [1.29, 1.82) is 0 Å². The third-order valence-electron chi connectivity index (χ3n) is 1.26. The van der Waals surface area contributed by atoms with E-state index >= 15 is 0 Å². The Morgan fingerprint density at radius 3 is 2.89 bits per heavy atom. The van der Waals surface area contributed by atoms with Gasteiger partial charge in [-0.2, -0.15) is 0 Å². The third-order valence-corrected chi connectivity index (χ3v) is 1.42. The zero-order valence-electron chi connectivity index (χ0n) is 5.26. The van der Waals surface area contributed by atoms with Crippen molar-refractivity contribution in [2.45, 2.75) is 0 Å². The standard InChI is InChI=1S/C7H10ClN/c8-4-7-9-5-2-1-3-6-9/h1-3,5H,4,6-7H2. The van der Waals surface area contributed by atoms with Gasteiger partial charge in [-0.25, -0.2) is 0 Å². The maximum absolute atomic E-state index is 5.54. The molecule has 0 bridgehead atoms. The van der Waals surface area contributed by atoms with Crippen LogP contribution in [0.3, 0.4) is 0 Å². The monoisotopic (exact) mass is 143 g/mol. The smallest absolute Gasteiger partial charge is 0.0399 e. The Morgan fingerprint density at radius 2 is 2.33 bits per heavy atom. The van der Waals surface area contributed by atoms with Crippen molar-refractivity contribution in [1.82, 2.24) is 4.90 Å². The summed E-state index contributed by atoms with van der Waals surface area (Å²) in [5, 5.41) is 0. The SMILES string of the molecule is ClCCN1C=CC=CC1. The topological polar surface area (TPSA) is 3.24 Å². The van der Waals surface area contributed by atoms with Gasteiger partial charge in [-0.15, -0.1) is 11.6 Å². The van der Waals surface area contributed by atoms with Gasteiger partial charge in [-0.05, 0) is 12.3 Å². The third kappa shape index (κ3) is 2.10. The maximum atomic E-state index is 5.54. The van der Waals surface area contributed by atoms with Gasteiger partial charge >= 0.3 is 0 Å². The summed E-state index contributed by atoms with van der Waals surface area (Å²) in [6.07, 6.45) is 8.25. The Balaban J connectivity index is 2.28. The van der Waals surface area contributed by atoms with E-state index in [1.165, 1.54) is 0 Å². The minimum absolute atomic E-state index is 0.707. The highest BCUT2D eigenvalue weighted by molar-refractivity contribution is 6.18. The van der Waals surface area contributed by atoms with Gasteiger partial charge < -0.3 is 4.90 Å². The van der Waals surface area contributed by atoms with E-state index in [1.807, 2.05) is 12.2 Å². The van der Waals surface area contributed by atoms with Gasteiger partial charge in [-0.3, -0.25) is 0 Å². The second-order valence-electron chi connectivity index (χ2n) is 1.95. The summed E-state index contributed by atoms with van der Waals surface area (Å²) in [7, 11) is 0. The van der Waals surface area contributed by atoms with E-state index in [0.29, 0.717) is 5.88 Å². The molecular formula is C7H10ClN. The molecule has 0 radical (unpaired) electrons. The molecule has 1 nitrogen and oxygen atoms in total. The van der Waals surface area contributed by atoms with E-state index in [4.69, 9.17) is 11.6 Å². The zero-order valence-corrected chi connectivity index (χ0v) is 6.01. The Bertz CT molecular complexity index is 129. The van der Waals surface area contributed by atoms with E-state index in [-0.39, 0.29) is 0 Å². The lowest BCUT2D eigenvalue weighted by atomic mass is 10.3. The Hall–Kier alpha value is -0.430. The van der Waals surface area contributed by atoms with Crippen LogP contribution in [-0.4, -0.2) is 23.9 Å². The van der Waals surface area contributed by atoms with E-state index in [1.54, 1.807) is 0 Å². The molecule has 1 aliphatic heterocycles. The normalized spacial score (nSPS) is 16.8. The van der Waals surface area contributed by atoms with Crippen molar-refractivity contribution >= 4 is 11.6 Å². The molecule has 0 unspecified atom stereocenters. The molecule has 1 aliphatic rings. The number of allylic oxidation sites excluding steroid dienone is 2. The molecule has 0 N–H and O–H groups in total. The molecule has 1 heterocycles. The number of hydrogen-bond acceptors (Lipinski definition) is 1. The summed E-state index contributed by atoms with van der Waals surface area (Å²) >= 11 is 5.54. The first-order valence-electron chi connectivity index (χ1n) is 3.07. The molecule has 0 saturated heterocycles. The minimum atomic E-state index is 0.707. The predicted octanol–water partition coefficient (Wildman–Crippen LogP) is 1.61. The first-order valence-corrected chi connectivity index (χ1v) is 3.60. The average Bonchev–Trinajstić information content (AvgIpc) is 1.91. The first-order chi connectivity index (χ1) is 4.43. The second kappa shape index (κ2) is 3.57. The summed E-state index contributed by atoms with van der Waals surface area (Å²) in [5.41, 5.74) is 0. The quantitative estimate of drug-likeness (QED) is 0.531. The predicted molar refractivity (Wildman–Crippen MR) is 40.6 cm³/mol. The lowest BCUT2D eigenvalue weighted by molar-refractivity contribution is 0.438. The van der Waals surface area contributed by atoms with E-state index < -0.39 is 0 Å². The van der Waals surface area contributed by atoms with E-state index in [2.05, 4.69) is 17.2 Å². The summed E-state index contributed by atoms with van der Waals surface area (Å²) < 4.78 is 0. The van der Waals surface area contributed by atoms with Gasteiger partial charge in [0, 0.05) is 19.0 Å². The molecule has 1 rings (SSSR count). The van der Waals surface area contributed by atoms with Crippen LogP contribution in [0.1, 0.15) is 0 Å². The molecule has 50 valence electrons. The van der Waals surface area contributed by atoms with E-state index in [0.717, 1.165) is 13.1 Å². The molecule has 0 aromatic rings.